The maximum Gasteiger partial charge on any atom is 0.282 e. The Kier molecular flexibility index (Phi) is 8.79. The summed E-state index contributed by atoms with van der Waals surface area (Å²) in [5.41, 5.74) is 2.35. The molecule has 0 saturated carbocycles. The van der Waals surface area contributed by atoms with Gasteiger partial charge in [-0.05, 0) is 69.1 Å². The summed E-state index contributed by atoms with van der Waals surface area (Å²) < 4.78 is 15.4. The second-order valence-corrected chi connectivity index (χ2v) is 10.3. The summed E-state index contributed by atoms with van der Waals surface area (Å²) in [6.45, 7) is 4.41. The number of rotatable bonds is 8. The summed E-state index contributed by atoms with van der Waals surface area (Å²) in [5.74, 6) is 1.53. The van der Waals surface area contributed by atoms with Gasteiger partial charge in [0.2, 0.25) is 0 Å². The summed E-state index contributed by atoms with van der Waals surface area (Å²) in [6.07, 6.45) is 2.11. The van der Waals surface area contributed by atoms with Crippen LogP contribution in [0.4, 0.5) is 0 Å². The Bertz CT molecular complexity index is 1610. The monoisotopic (exact) mass is 686 g/mol. The molecule has 0 aliphatic rings. The normalized spacial score (nSPS) is 11.1. The fourth-order valence-corrected chi connectivity index (χ4v) is 4.96. The molecule has 0 unspecified atom stereocenters. The van der Waals surface area contributed by atoms with Gasteiger partial charge in [0.25, 0.3) is 5.56 Å². The minimum absolute atomic E-state index is 0.190. The van der Waals surface area contributed by atoms with Crippen molar-refractivity contribution < 1.29 is 9.47 Å². The Balaban J connectivity index is 1.74. The number of nitrogens with zero attached hydrogens (tertiary/aromatic N) is 4. The van der Waals surface area contributed by atoms with Gasteiger partial charge >= 0.3 is 0 Å². The highest BCUT2D eigenvalue weighted by Crippen LogP contribution is 2.43. The van der Waals surface area contributed by atoms with Crippen molar-refractivity contribution in [1.29, 1.82) is 5.26 Å². The molecule has 1 heterocycles. The molecule has 0 saturated heterocycles. The Labute approximate surface area is 239 Å². The molecule has 4 rings (SSSR count). The molecule has 0 fully saturated rings. The van der Waals surface area contributed by atoms with E-state index in [-0.39, 0.29) is 12.2 Å². The van der Waals surface area contributed by atoms with Crippen LogP contribution in [0.2, 0.25) is 0 Å². The maximum atomic E-state index is 13.2. The molecule has 0 atom stereocenters. The van der Waals surface area contributed by atoms with Gasteiger partial charge in [0.1, 0.15) is 12.4 Å². The van der Waals surface area contributed by atoms with Gasteiger partial charge in [0.15, 0.2) is 11.5 Å². The van der Waals surface area contributed by atoms with Crippen molar-refractivity contribution in [3.63, 3.8) is 0 Å². The van der Waals surface area contributed by atoms with Crippen molar-refractivity contribution in [3.05, 3.63) is 94.8 Å². The summed E-state index contributed by atoms with van der Waals surface area (Å²) in [6, 6.07) is 16.6. The third-order valence-electron chi connectivity index (χ3n) is 5.47. The molecule has 1 aromatic heterocycles. The minimum Gasteiger partial charge on any atom is -0.490 e. The quantitative estimate of drug-likeness (QED) is 0.187. The van der Waals surface area contributed by atoms with Crippen LogP contribution in [-0.2, 0) is 13.0 Å². The molecule has 0 bridgehead atoms. The average molecular weight is 689 g/mol. The zero-order valence-electron chi connectivity index (χ0n) is 20.0. The van der Waals surface area contributed by atoms with E-state index in [9.17, 15) is 10.1 Å². The second-order valence-electron chi connectivity index (χ2n) is 7.82. The molecule has 37 heavy (non-hydrogen) atoms. The molecule has 10 heteroatoms. The lowest BCUT2D eigenvalue weighted by Gasteiger charge is -2.17. The molecule has 0 radical (unpaired) electrons. The lowest BCUT2D eigenvalue weighted by atomic mass is 10.1. The molecular weight excluding hydrogens is 668 g/mol. The van der Waals surface area contributed by atoms with Crippen molar-refractivity contribution >= 4 is 64.9 Å². The molecule has 0 N–H and O–H groups in total. The number of nitriles is 1. The lowest BCUT2D eigenvalue weighted by molar-refractivity contribution is 0.267. The summed E-state index contributed by atoms with van der Waals surface area (Å²) in [4.78, 5) is 17.8. The molecule has 3 aromatic carbocycles. The van der Waals surface area contributed by atoms with Crippen LogP contribution in [0.15, 0.2) is 71.8 Å². The number of hydrogen-bond donors (Lipinski definition) is 0. The van der Waals surface area contributed by atoms with Gasteiger partial charge in [-0.1, -0.05) is 41.1 Å². The first-order chi connectivity index (χ1) is 17.9. The predicted molar refractivity (Wildman–Crippen MR) is 155 cm³/mol. The SMILES string of the molecule is CCOc1cc(C=Nn2c(CC)nc3ccc(Br)cc3c2=O)c(Br)c(Br)c1OCc1ccccc1C#N. The first-order valence-electron chi connectivity index (χ1n) is 11.4. The third kappa shape index (κ3) is 5.79. The van der Waals surface area contributed by atoms with E-state index in [0.29, 0.717) is 61.3 Å². The predicted octanol–water partition coefficient (Wildman–Crippen LogP) is 6.98. The maximum absolute atomic E-state index is 13.2. The topological polar surface area (TPSA) is 89.5 Å². The van der Waals surface area contributed by atoms with E-state index >= 15 is 0 Å². The van der Waals surface area contributed by atoms with Crippen LogP contribution < -0.4 is 15.0 Å². The van der Waals surface area contributed by atoms with E-state index in [2.05, 4.69) is 63.9 Å². The fraction of sp³-hybridized carbons (Fsp3) is 0.185. The highest BCUT2D eigenvalue weighted by Gasteiger charge is 2.18. The highest BCUT2D eigenvalue weighted by atomic mass is 79.9. The van der Waals surface area contributed by atoms with Gasteiger partial charge in [-0.2, -0.15) is 15.0 Å². The molecule has 0 aliphatic carbocycles. The number of halogens is 3. The first-order valence-corrected chi connectivity index (χ1v) is 13.8. The van der Waals surface area contributed by atoms with Gasteiger partial charge in [0.05, 0.1) is 39.8 Å². The van der Waals surface area contributed by atoms with E-state index in [1.54, 1.807) is 24.4 Å². The van der Waals surface area contributed by atoms with Crippen molar-refractivity contribution in [2.75, 3.05) is 6.61 Å². The molecular formula is C27H21Br3N4O3. The van der Waals surface area contributed by atoms with Crippen LogP contribution >= 0.6 is 47.8 Å². The van der Waals surface area contributed by atoms with Gasteiger partial charge in [-0.25, -0.2) is 4.98 Å². The second kappa shape index (κ2) is 12.0. The van der Waals surface area contributed by atoms with Crippen LogP contribution in [0.3, 0.4) is 0 Å². The Morgan fingerprint density at radius 2 is 1.86 bits per heavy atom. The summed E-state index contributed by atoms with van der Waals surface area (Å²) in [7, 11) is 0. The van der Waals surface area contributed by atoms with Crippen LogP contribution in [-0.4, -0.2) is 22.5 Å². The Morgan fingerprint density at radius 1 is 1.08 bits per heavy atom. The van der Waals surface area contributed by atoms with E-state index in [4.69, 9.17) is 9.47 Å². The molecule has 4 aromatic rings. The zero-order valence-corrected chi connectivity index (χ0v) is 24.7. The Hall–Kier alpha value is -3.00. The lowest BCUT2D eigenvalue weighted by Crippen LogP contribution is -2.22. The van der Waals surface area contributed by atoms with Crippen molar-refractivity contribution in [3.8, 4) is 17.6 Å². The number of fused-ring (bicyclic) bond motifs is 1. The van der Waals surface area contributed by atoms with E-state index < -0.39 is 0 Å². The van der Waals surface area contributed by atoms with Gasteiger partial charge in [0, 0.05) is 26.5 Å². The standard InChI is InChI=1S/C27H21Br3N4O3/c1-3-23-33-21-10-9-19(28)12-20(21)27(35)34(23)32-14-18-11-22(36-4-2)26(25(30)24(18)29)37-15-17-8-6-5-7-16(17)13-31/h5-12,14H,3-4,15H2,1-2H3. The third-order valence-corrected chi connectivity index (χ3v) is 8.11. The number of benzene rings is 3. The number of aryl methyl sites for hydroxylation is 1. The van der Waals surface area contributed by atoms with E-state index in [0.717, 1.165) is 10.0 Å². The smallest absolute Gasteiger partial charge is 0.282 e. The molecule has 0 aliphatic heterocycles. The number of aromatic nitrogens is 2. The highest BCUT2D eigenvalue weighted by molar-refractivity contribution is 9.13. The van der Waals surface area contributed by atoms with Crippen molar-refractivity contribution in [2.45, 2.75) is 26.9 Å². The zero-order chi connectivity index (χ0) is 26.5. The molecule has 0 amide bonds. The molecule has 7 nitrogen and oxygen atoms in total. The van der Waals surface area contributed by atoms with E-state index in [1.165, 1.54) is 4.68 Å². The summed E-state index contributed by atoms with van der Waals surface area (Å²) in [5, 5.41) is 14.3. The van der Waals surface area contributed by atoms with Crippen LogP contribution in [0.5, 0.6) is 11.5 Å². The van der Waals surface area contributed by atoms with Gasteiger partial charge in [-0.15, -0.1) is 0 Å². The first kappa shape index (κ1) is 27.0. The fourth-order valence-electron chi connectivity index (χ4n) is 3.66. The minimum atomic E-state index is -0.254. The van der Waals surface area contributed by atoms with Gasteiger partial charge in [-0.3, -0.25) is 4.79 Å². The van der Waals surface area contributed by atoms with Crippen LogP contribution in [0.1, 0.15) is 36.4 Å². The Morgan fingerprint density at radius 3 is 2.59 bits per heavy atom. The molecule has 188 valence electrons. The number of hydrogen-bond acceptors (Lipinski definition) is 6. The van der Waals surface area contributed by atoms with Crippen LogP contribution in [0, 0.1) is 11.3 Å². The molecule has 0 spiro atoms. The van der Waals surface area contributed by atoms with Crippen molar-refractivity contribution in [2.24, 2.45) is 5.10 Å². The average Bonchev–Trinajstić information content (AvgIpc) is 2.91. The van der Waals surface area contributed by atoms with E-state index in [1.807, 2.05) is 44.2 Å². The van der Waals surface area contributed by atoms with Gasteiger partial charge < -0.3 is 9.47 Å². The summed E-state index contributed by atoms with van der Waals surface area (Å²) >= 11 is 10.6. The number of ether oxygens (including phenoxy) is 2. The van der Waals surface area contributed by atoms with Crippen molar-refractivity contribution in [1.82, 2.24) is 9.66 Å². The largest absolute Gasteiger partial charge is 0.490 e. The van der Waals surface area contributed by atoms with Crippen LogP contribution in [0.25, 0.3) is 10.9 Å².